The van der Waals surface area contributed by atoms with Gasteiger partial charge in [-0.3, -0.25) is 4.79 Å². The van der Waals surface area contributed by atoms with Crippen LogP contribution in [0.5, 0.6) is 0 Å². The van der Waals surface area contributed by atoms with Gasteiger partial charge in [0.25, 0.3) is 5.91 Å². The highest BCUT2D eigenvalue weighted by atomic mass is 32.2. The monoisotopic (exact) mass is 521 g/mol. The molecule has 1 aromatic heterocycles. The van der Waals surface area contributed by atoms with Crippen molar-refractivity contribution in [2.24, 2.45) is 11.7 Å². The van der Waals surface area contributed by atoms with Crippen LogP contribution in [0.15, 0.2) is 66.0 Å². The van der Waals surface area contributed by atoms with Gasteiger partial charge >= 0.3 is 6.18 Å². The number of aryl methyl sites for hydroxylation is 1. The summed E-state index contributed by atoms with van der Waals surface area (Å²) in [5.74, 6) is -2.34. The number of rotatable bonds is 7. The molecule has 1 amide bonds. The zero-order valence-corrected chi connectivity index (χ0v) is 20.3. The molecule has 0 spiro atoms. The van der Waals surface area contributed by atoms with E-state index in [0.29, 0.717) is 11.1 Å². The number of sulfonamides is 1. The average molecular weight is 522 g/mol. The van der Waals surface area contributed by atoms with Crippen LogP contribution < -0.4 is 11.2 Å². The minimum absolute atomic E-state index is 0.0312. The summed E-state index contributed by atoms with van der Waals surface area (Å²) in [6.07, 6.45) is -2.53. The second-order valence-electron chi connectivity index (χ2n) is 8.75. The number of nitrogens with two attached hydrogens (primary N) is 1. The van der Waals surface area contributed by atoms with E-state index in [2.05, 4.69) is 10.4 Å². The quantitative estimate of drug-likeness (QED) is 0.492. The maximum atomic E-state index is 13.7. The Morgan fingerprint density at radius 1 is 1.17 bits per heavy atom. The van der Waals surface area contributed by atoms with Crippen LogP contribution in [0.25, 0.3) is 0 Å². The van der Waals surface area contributed by atoms with Gasteiger partial charge in [-0.1, -0.05) is 42.0 Å². The zero-order valence-electron chi connectivity index (χ0n) is 19.4. The summed E-state index contributed by atoms with van der Waals surface area (Å²) in [5, 5.41) is 0. The van der Waals surface area contributed by atoms with Crippen molar-refractivity contribution < 1.29 is 26.4 Å². The van der Waals surface area contributed by atoms with Gasteiger partial charge in [0.2, 0.25) is 10.0 Å². The summed E-state index contributed by atoms with van der Waals surface area (Å²) in [6, 6.07) is 11.9. The number of nitrogens with one attached hydrogen (secondary N) is 1. The van der Waals surface area contributed by atoms with Crippen molar-refractivity contribution in [2.75, 3.05) is 12.0 Å². The predicted molar refractivity (Wildman–Crippen MR) is 127 cm³/mol. The number of alkyl halides is 3. The third-order valence-electron chi connectivity index (χ3n) is 6.39. The van der Waals surface area contributed by atoms with E-state index in [0.717, 1.165) is 5.56 Å². The average Bonchev–Trinajstić information content (AvgIpc) is 3.31. The Hall–Kier alpha value is -3.38. The van der Waals surface area contributed by atoms with Crippen molar-refractivity contribution in [3.63, 3.8) is 0 Å². The van der Waals surface area contributed by atoms with E-state index in [1.54, 1.807) is 36.4 Å². The highest BCUT2D eigenvalue weighted by Crippen LogP contribution is 2.44. The first-order valence-electron chi connectivity index (χ1n) is 11.3. The van der Waals surface area contributed by atoms with E-state index in [1.807, 2.05) is 6.92 Å². The van der Waals surface area contributed by atoms with Gasteiger partial charge < -0.3 is 11.2 Å². The molecule has 12 heteroatoms. The van der Waals surface area contributed by atoms with Gasteiger partial charge in [0.05, 0.1) is 29.6 Å². The van der Waals surface area contributed by atoms with Crippen molar-refractivity contribution in [1.29, 1.82) is 0 Å². The number of amides is 1. The van der Waals surface area contributed by atoms with E-state index < -0.39 is 40.5 Å². The highest BCUT2D eigenvalue weighted by Gasteiger charge is 2.47. The lowest BCUT2D eigenvalue weighted by molar-refractivity contribution is -0.187. The van der Waals surface area contributed by atoms with E-state index in [1.165, 1.54) is 33.6 Å². The molecule has 1 saturated heterocycles. The van der Waals surface area contributed by atoms with Gasteiger partial charge in [0.15, 0.2) is 0 Å². The molecule has 1 fully saturated rings. The maximum Gasteiger partial charge on any atom is 0.391 e. The first-order chi connectivity index (χ1) is 17.0. The van der Waals surface area contributed by atoms with E-state index >= 15 is 0 Å². The minimum atomic E-state index is -4.45. The molecular weight excluding hydrogens is 495 g/mol. The Balaban J connectivity index is 1.71. The number of hydrogen-bond acceptors (Lipinski definition) is 5. The van der Waals surface area contributed by atoms with Crippen LogP contribution in [0.3, 0.4) is 0 Å². The predicted octanol–water partition coefficient (Wildman–Crippen LogP) is 3.74. The van der Waals surface area contributed by atoms with Crippen molar-refractivity contribution in [1.82, 2.24) is 14.0 Å². The standard InChI is InChI=1S/C24H26F3N5O3S/c1-16-6-8-19(9-7-16)36(34,35)32-11-10-18(24(25,26)27)12-21(32)20-5-3-2-4-17(20)13-30-31-15-29-14-22(31)23(28)33/h2-9,14-15,18,21,30H,10-13H2,1H3,(H2,28,33). The molecule has 2 atom stereocenters. The summed E-state index contributed by atoms with van der Waals surface area (Å²) in [5.41, 5.74) is 10.3. The van der Waals surface area contributed by atoms with Crippen LogP contribution in [0.1, 0.15) is 46.1 Å². The van der Waals surface area contributed by atoms with Crippen molar-refractivity contribution in [2.45, 2.75) is 43.4 Å². The van der Waals surface area contributed by atoms with E-state index in [-0.39, 0.29) is 30.1 Å². The summed E-state index contributed by atoms with van der Waals surface area (Å²) in [7, 11) is -4.07. The molecular formula is C24H26F3N5O3S. The number of benzene rings is 2. The summed E-state index contributed by atoms with van der Waals surface area (Å²) in [4.78, 5) is 15.5. The van der Waals surface area contributed by atoms with Gasteiger partial charge in [0.1, 0.15) is 12.0 Å². The number of carbonyl (C=O) groups excluding carboxylic acids is 1. The van der Waals surface area contributed by atoms with Crippen LogP contribution >= 0.6 is 0 Å². The lowest BCUT2D eigenvalue weighted by Crippen LogP contribution is -2.44. The highest BCUT2D eigenvalue weighted by molar-refractivity contribution is 7.89. The number of carbonyl (C=O) groups is 1. The van der Waals surface area contributed by atoms with Crippen LogP contribution in [0.4, 0.5) is 13.2 Å². The molecule has 0 aliphatic carbocycles. The molecule has 36 heavy (non-hydrogen) atoms. The molecule has 2 aromatic carbocycles. The SMILES string of the molecule is Cc1ccc(S(=O)(=O)N2CCC(C(F)(F)F)CC2c2ccccc2CNn2cncc2C(N)=O)cc1. The number of hydrogen-bond donors (Lipinski definition) is 2. The molecule has 4 rings (SSSR count). The van der Waals surface area contributed by atoms with Gasteiger partial charge in [-0.2, -0.15) is 17.5 Å². The number of halogens is 3. The molecule has 0 radical (unpaired) electrons. The lowest BCUT2D eigenvalue weighted by Gasteiger charge is -2.40. The third-order valence-corrected chi connectivity index (χ3v) is 8.31. The summed E-state index contributed by atoms with van der Waals surface area (Å²) in [6.45, 7) is 1.65. The molecule has 0 saturated carbocycles. The fourth-order valence-electron chi connectivity index (χ4n) is 4.45. The van der Waals surface area contributed by atoms with Crippen LogP contribution in [0, 0.1) is 12.8 Å². The van der Waals surface area contributed by atoms with Crippen LogP contribution in [0.2, 0.25) is 0 Å². The molecule has 1 aliphatic heterocycles. The van der Waals surface area contributed by atoms with Crippen LogP contribution in [-0.4, -0.2) is 41.0 Å². The molecule has 3 aromatic rings. The van der Waals surface area contributed by atoms with Gasteiger partial charge in [0, 0.05) is 6.54 Å². The van der Waals surface area contributed by atoms with E-state index in [9.17, 15) is 26.4 Å². The Kier molecular flexibility index (Phi) is 7.10. The number of aromatic nitrogens is 2. The number of piperidine rings is 1. The first-order valence-corrected chi connectivity index (χ1v) is 12.7. The Morgan fingerprint density at radius 2 is 1.86 bits per heavy atom. The summed E-state index contributed by atoms with van der Waals surface area (Å²) < 4.78 is 70.9. The number of nitrogens with zero attached hydrogens (tertiary/aromatic N) is 3. The fourth-order valence-corrected chi connectivity index (χ4v) is 6.08. The molecule has 1 aliphatic rings. The molecule has 8 nitrogen and oxygen atoms in total. The van der Waals surface area contributed by atoms with Gasteiger partial charge in [-0.05, 0) is 43.0 Å². The molecule has 2 unspecified atom stereocenters. The first kappa shape index (κ1) is 25.7. The second kappa shape index (κ2) is 9.94. The largest absolute Gasteiger partial charge is 0.391 e. The number of primary amides is 1. The Bertz CT molecular complexity index is 1340. The topological polar surface area (TPSA) is 110 Å². The van der Waals surface area contributed by atoms with Crippen molar-refractivity contribution >= 4 is 15.9 Å². The molecule has 0 bridgehead atoms. The molecule has 192 valence electrons. The van der Waals surface area contributed by atoms with Crippen molar-refractivity contribution in [3.8, 4) is 0 Å². The second-order valence-corrected chi connectivity index (χ2v) is 10.6. The smallest absolute Gasteiger partial charge is 0.364 e. The van der Waals surface area contributed by atoms with Gasteiger partial charge in [-0.25, -0.2) is 18.1 Å². The fraction of sp³-hybridized carbons (Fsp3) is 0.333. The minimum Gasteiger partial charge on any atom is -0.364 e. The summed E-state index contributed by atoms with van der Waals surface area (Å²) >= 11 is 0. The van der Waals surface area contributed by atoms with E-state index in [4.69, 9.17) is 5.73 Å². The zero-order chi connectivity index (χ0) is 26.1. The number of imidazole rings is 1. The lowest BCUT2D eigenvalue weighted by atomic mass is 9.86. The maximum absolute atomic E-state index is 13.7. The molecule has 2 heterocycles. The van der Waals surface area contributed by atoms with Crippen molar-refractivity contribution in [3.05, 3.63) is 83.4 Å². The normalized spacial score (nSPS) is 19.2. The third kappa shape index (κ3) is 5.24. The Morgan fingerprint density at radius 3 is 2.53 bits per heavy atom. The Labute approximate surface area is 207 Å². The van der Waals surface area contributed by atoms with Crippen LogP contribution in [-0.2, 0) is 16.6 Å². The molecule has 3 N–H and O–H groups in total. The van der Waals surface area contributed by atoms with Gasteiger partial charge in [-0.15, -0.1) is 0 Å².